The maximum Gasteiger partial charge on any atom is 0.262 e. The maximum atomic E-state index is 13.3. The van der Waals surface area contributed by atoms with Gasteiger partial charge in [-0.2, -0.15) is 4.98 Å². The molecule has 4 rings (SSSR count). The lowest BCUT2D eigenvalue weighted by atomic mass is 10.1. The van der Waals surface area contributed by atoms with Gasteiger partial charge in [-0.15, -0.1) is 0 Å². The van der Waals surface area contributed by atoms with Gasteiger partial charge >= 0.3 is 0 Å². The Bertz CT molecular complexity index is 1350. The highest BCUT2D eigenvalue weighted by atomic mass is 32.2. The van der Waals surface area contributed by atoms with Crippen LogP contribution in [-0.4, -0.2) is 32.8 Å². The molecule has 0 amide bonds. The van der Waals surface area contributed by atoms with Gasteiger partial charge in [0.1, 0.15) is 16.4 Å². The van der Waals surface area contributed by atoms with E-state index in [1.54, 1.807) is 36.4 Å². The van der Waals surface area contributed by atoms with Crippen LogP contribution in [0.5, 0.6) is 11.5 Å². The van der Waals surface area contributed by atoms with Gasteiger partial charge < -0.3 is 14.0 Å². The van der Waals surface area contributed by atoms with Crippen molar-refractivity contribution in [2.45, 2.75) is 11.8 Å². The molecule has 0 radical (unpaired) electrons. The average molecular weight is 452 g/mol. The first-order valence-corrected chi connectivity index (χ1v) is 11.1. The summed E-state index contributed by atoms with van der Waals surface area (Å²) in [5, 5.41) is 4.01. The average Bonchev–Trinajstić information content (AvgIpc) is 3.29. The molecule has 32 heavy (non-hydrogen) atoms. The van der Waals surface area contributed by atoms with Crippen molar-refractivity contribution >= 4 is 15.7 Å². The van der Waals surface area contributed by atoms with E-state index in [9.17, 15) is 8.42 Å². The number of methoxy groups -OCH3 is 2. The van der Waals surface area contributed by atoms with Crippen molar-refractivity contribution in [1.29, 1.82) is 0 Å². The number of benzene rings is 3. The lowest BCUT2D eigenvalue weighted by molar-refractivity contribution is 0.405. The number of anilines is 1. The standard InChI is InChI=1S/C23H21N3O5S/c1-15-8-10-16(11-9-15)22-24-23(31-25-22)18-6-4-5-7-21(18)32(27,28)26-19-14-17(29-2)12-13-20(19)30-3/h4-14,26H,1-3H3. The quantitative estimate of drug-likeness (QED) is 0.440. The Morgan fingerprint density at radius 3 is 2.41 bits per heavy atom. The van der Waals surface area contributed by atoms with E-state index in [0.29, 0.717) is 17.3 Å². The van der Waals surface area contributed by atoms with E-state index < -0.39 is 10.0 Å². The third-order valence-corrected chi connectivity index (χ3v) is 6.22. The topological polar surface area (TPSA) is 104 Å². The third kappa shape index (κ3) is 4.28. The Balaban J connectivity index is 1.72. The predicted octanol–water partition coefficient (Wildman–Crippen LogP) is 4.53. The van der Waals surface area contributed by atoms with Crippen molar-refractivity contribution in [2.75, 3.05) is 18.9 Å². The fourth-order valence-electron chi connectivity index (χ4n) is 3.12. The molecule has 0 aliphatic heterocycles. The minimum atomic E-state index is -4.02. The normalized spacial score (nSPS) is 11.2. The van der Waals surface area contributed by atoms with Crippen LogP contribution in [0.4, 0.5) is 5.69 Å². The molecule has 1 aromatic heterocycles. The Morgan fingerprint density at radius 1 is 0.938 bits per heavy atom. The second-order valence-corrected chi connectivity index (χ2v) is 8.61. The zero-order valence-corrected chi connectivity index (χ0v) is 18.5. The number of nitrogens with zero attached hydrogens (tertiary/aromatic N) is 2. The molecule has 0 aliphatic carbocycles. The lowest BCUT2D eigenvalue weighted by Gasteiger charge is -2.14. The molecule has 8 nitrogen and oxygen atoms in total. The minimum Gasteiger partial charge on any atom is -0.497 e. The molecule has 0 unspecified atom stereocenters. The van der Waals surface area contributed by atoms with Crippen molar-refractivity contribution < 1.29 is 22.4 Å². The van der Waals surface area contributed by atoms with Gasteiger partial charge in [0.15, 0.2) is 0 Å². The predicted molar refractivity (Wildman–Crippen MR) is 120 cm³/mol. The van der Waals surface area contributed by atoms with Crippen molar-refractivity contribution in [3.05, 3.63) is 72.3 Å². The van der Waals surface area contributed by atoms with E-state index in [4.69, 9.17) is 14.0 Å². The summed E-state index contributed by atoms with van der Waals surface area (Å²) in [5.41, 5.74) is 2.40. The number of nitrogens with one attached hydrogen (secondary N) is 1. The summed E-state index contributed by atoms with van der Waals surface area (Å²) < 4.78 is 45.0. The van der Waals surface area contributed by atoms with Crippen molar-refractivity contribution in [2.24, 2.45) is 0 Å². The van der Waals surface area contributed by atoms with E-state index in [0.717, 1.165) is 11.1 Å². The van der Waals surface area contributed by atoms with Gasteiger partial charge in [0.2, 0.25) is 5.82 Å². The summed E-state index contributed by atoms with van der Waals surface area (Å²) in [6, 6.07) is 18.9. The Morgan fingerprint density at radius 2 is 1.69 bits per heavy atom. The molecular formula is C23H21N3O5S. The smallest absolute Gasteiger partial charge is 0.262 e. The molecule has 0 fully saturated rings. The zero-order chi connectivity index (χ0) is 22.7. The number of hydrogen-bond acceptors (Lipinski definition) is 7. The molecule has 1 heterocycles. The third-order valence-electron chi connectivity index (χ3n) is 4.79. The van der Waals surface area contributed by atoms with Crippen molar-refractivity contribution in [1.82, 2.24) is 10.1 Å². The van der Waals surface area contributed by atoms with E-state index >= 15 is 0 Å². The SMILES string of the molecule is COc1ccc(OC)c(NS(=O)(=O)c2ccccc2-c2nc(-c3ccc(C)cc3)no2)c1. The molecule has 0 aliphatic rings. The number of rotatable bonds is 7. The lowest BCUT2D eigenvalue weighted by Crippen LogP contribution is -2.15. The molecular weight excluding hydrogens is 430 g/mol. The van der Waals surface area contributed by atoms with Crippen LogP contribution in [0.3, 0.4) is 0 Å². The highest BCUT2D eigenvalue weighted by Gasteiger charge is 2.24. The van der Waals surface area contributed by atoms with Crippen molar-refractivity contribution in [3.8, 4) is 34.3 Å². The van der Waals surface area contributed by atoms with E-state index in [-0.39, 0.29) is 22.0 Å². The van der Waals surface area contributed by atoms with Crippen LogP contribution in [0.25, 0.3) is 22.8 Å². The van der Waals surface area contributed by atoms with Gasteiger partial charge in [-0.1, -0.05) is 47.1 Å². The van der Waals surface area contributed by atoms with Gasteiger partial charge in [0.25, 0.3) is 15.9 Å². The fourth-order valence-corrected chi connectivity index (χ4v) is 4.39. The maximum absolute atomic E-state index is 13.3. The molecule has 3 aromatic carbocycles. The molecule has 9 heteroatoms. The molecule has 0 saturated carbocycles. The van der Waals surface area contributed by atoms with Crippen LogP contribution >= 0.6 is 0 Å². The van der Waals surface area contributed by atoms with Crippen LogP contribution in [0.15, 0.2) is 76.1 Å². The summed E-state index contributed by atoms with van der Waals surface area (Å²) in [5.74, 6) is 1.30. The minimum absolute atomic E-state index is 0.0102. The summed E-state index contributed by atoms with van der Waals surface area (Å²) in [4.78, 5) is 4.40. The fraction of sp³-hybridized carbons (Fsp3) is 0.130. The van der Waals surface area contributed by atoms with Crippen LogP contribution in [0.2, 0.25) is 0 Å². The van der Waals surface area contributed by atoms with Crippen LogP contribution in [-0.2, 0) is 10.0 Å². The summed E-state index contributed by atoms with van der Waals surface area (Å²) >= 11 is 0. The number of aromatic nitrogens is 2. The van der Waals surface area contributed by atoms with Crippen LogP contribution in [0.1, 0.15) is 5.56 Å². The highest BCUT2D eigenvalue weighted by Crippen LogP contribution is 2.33. The Labute approximate surface area is 185 Å². The molecule has 4 aromatic rings. The second kappa shape index (κ2) is 8.72. The largest absolute Gasteiger partial charge is 0.497 e. The van der Waals surface area contributed by atoms with Crippen molar-refractivity contribution in [3.63, 3.8) is 0 Å². The number of aryl methyl sites for hydroxylation is 1. The van der Waals surface area contributed by atoms with Gasteiger partial charge in [0.05, 0.1) is 25.5 Å². The second-order valence-electron chi connectivity index (χ2n) is 6.96. The first kappa shape index (κ1) is 21.4. The van der Waals surface area contributed by atoms with Crippen LogP contribution in [0, 0.1) is 6.92 Å². The molecule has 0 atom stereocenters. The van der Waals surface area contributed by atoms with Gasteiger partial charge in [-0.05, 0) is 31.2 Å². The molecule has 0 saturated heterocycles. The molecule has 1 N–H and O–H groups in total. The van der Waals surface area contributed by atoms with E-state index in [2.05, 4.69) is 14.9 Å². The molecule has 0 spiro atoms. The summed E-state index contributed by atoms with van der Waals surface area (Å²) in [7, 11) is -1.07. The van der Waals surface area contributed by atoms with Gasteiger partial charge in [0, 0.05) is 11.6 Å². The summed E-state index contributed by atoms with van der Waals surface area (Å²) in [6.45, 7) is 1.98. The number of sulfonamides is 1. The van der Waals surface area contributed by atoms with Crippen LogP contribution < -0.4 is 14.2 Å². The zero-order valence-electron chi connectivity index (χ0n) is 17.7. The first-order valence-electron chi connectivity index (χ1n) is 9.66. The Hall–Kier alpha value is -3.85. The van der Waals surface area contributed by atoms with E-state index in [1.165, 1.54) is 20.3 Å². The Kier molecular flexibility index (Phi) is 5.83. The molecule has 164 valence electrons. The van der Waals surface area contributed by atoms with Gasteiger partial charge in [-0.3, -0.25) is 4.72 Å². The molecule has 0 bridgehead atoms. The first-order chi connectivity index (χ1) is 15.4. The van der Waals surface area contributed by atoms with Gasteiger partial charge in [-0.25, -0.2) is 8.42 Å². The number of hydrogen-bond donors (Lipinski definition) is 1. The highest BCUT2D eigenvalue weighted by molar-refractivity contribution is 7.92. The monoisotopic (exact) mass is 451 g/mol. The number of ether oxygens (including phenoxy) is 2. The van der Waals surface area contributed by atoms with E-state index in [1.807, 2.05) is 31.2 Å². The summed E-state index contributed by atoms with van der Waals surface area (Å²) in [6.07, 6.45) is 0.